The van der Waals surface area contributed by atoms with Gasteiger partial charge in [0.05, 0.1) is 0 Å². The molecule has 0 radical (unpaired) electrons. The van der Waals surface area contributed by atoms with Gasteiger partial charge in [0, 0.05) is 11.1 Å². The third-order valence-corrected chi connectivity index (χ3v) is 3.98. The average molecular weight is 258 g/mol. The van der Waals surface area contributed by atoms with Gasteiger partial charge in [-0.25, -0.2) is 0 Å². The normalized spacial score (nSPS) is 12.9. The van der Waals surface area contributed by atoms with E-state index in [9.17, 15) is 0 Å². The van der Waals surface area contributed by atoms with Crippen LogP contribution in [0, 0.1) is 25.7 Å². The van der Waals surface area contributed by atoms with Crippen LogP contribution >= 0.6 is 0 Å². The highest BCUT2D eigenvalue weighted by Crippen LogP contribution is 2.36. The maximum atomic E-state index is 3.40. The predicted molar refractivity (Wildman–Crippen MR) is 85.5 cm³/mol. The van der Waals surface area contributed by atoms with Gasteiger partial charge in [0.1, 0.15) is 0 Å². The number of fused-ring (bicyclic) bond motifs is 1. The van der Waals surface area contributed by atoms with Gasteiger partial charge in [-0.15, -0.1) is 0 Å². The van der Waals surface area contributed by atoms with Crippen molar-refractivity contribution in [2.24, 2.45) is 0 Å². The highest BCUT2D eigenvalue weighted by atomic mass is 14.2. The minimum atomic E-state index is 1.04. The molecule has 0 spiro atoms. The van der Waals surface area contributed by atoms with E-state index >= 15 is 0 Å². The van der Waals surface area contributed by atoms with Gasteiger partial charge in [-0.1, -0.05) is 47.7 Å². The molecule has 2 aromatic carbocycles. The van der Waals surface area contributed by atoms with E-state index in [0.717, 1.165) is 12.0 Å². The number of allylic oxidation sites excluding steroid dienone is 2. The Morgan fingerprint density at radius 2 is 1.50 bits per heavy atom. The SMILES string of the molecule is CC1=C(C#Cc2ccccc2)c2c(C)ccc(C)c2C1. The molecule has 0 saturated heterocycles. The lowest BCUT2D eigenvalue weighted by Crippen LogP contribution is -1.92. The van der Waals surface area contributed by atoms with E-state index in [-0.39, 0.29) is 0 Å². The van der Waals surface area contributed by atoms with Crippen LogP contribution in [-0.4, -0.2) is 0 Å². The van der Waals surface area contributed by atoms with Crippen molar-refractivity contribution >= 4 is 5.57 Å². The van der Waals surface area contributed by atoms with E-state index in [2.05, 4.69) is 56.9 Å². The van der Waals surface area contributed by atoms with Gasteiger partial charge in [0.15, 0.2) is 0 Å². The molecule has 0 heterocycles. The monoisotopic (exact) mass is 258 g/mol. The highest BCUT2D eigenvalue weighted by molar-refractivity contribution is 5.89. The van der Waals surface area contributed by atoms with Crippen LogP contribution in [0.25, 0.3) is 5.57 Å². The largest absolute Gasteiger partial charge is 0.0622 e. The minimum absolute atomic E-state index is 1.04. The van der Waals surface area contributed by atoms with Gasteiger partial charge in [-0.05, 0) is 61.6 Å². The second-order valence-electron chi connectivity index (χ2n) is 5.50. The molecule has 98 valence electrons. The van der Waals surface area contributed by atoms with Crippen molar-refractivity contribution in [2.45, 2.75) is 27.2 Å². The van der Waals surface area contributed by atoms with Crippen LogP contribution < -0.4 is 0 Å². The Hall–Kier alpha value is -2.26. The van der Waals surface area contributed by atoms with Crippen molar-refractivity contribution in [3.63, 3.8) is 0 Å². The zero-order valence-electron chi connectivity index (χ0n) is 12.2. The van der Waals surface area contributed by atoms with Crippen LogP contribution in [0.2, 0.25) is 0 Å². The summed E-state index contributed by atoms with van der Waals surface area (Å²) in [6.07, 6.45) is 1.04. The van der Waals surface area contributed by atoms with Gasteiger partial charge < -0.3 is 0 Å². The topological polar surface area (TPSA) is 0 Å². The summed E-state index contributed by atoms with van der Waals surface area (Å²) in [5.74, 6) is 6.70. The van der Waals surface area contributed by atoms with Crippen LogP contribution in [0.1, 0.15) is 34.7 Å². The summed E-state index contributed by atoms with van der Waals surface area (Å²) >= 11 is 0. The molecule has 1 aliphatic rings. The molecule has 0 fully saturated rings. The lowest BCUT2D eigenvalue weighted by molar-refractivity contribution is 1.15. The molecule has 0 saturated carbocycles. The number of hydrogen-bond acceptors (Lipinski definition) is 0. The molecule has 0 aromatic heterocycles. The van der Waals surface area contributed by atoms with Crippen LogP contribution in [0.5, 0.6) is 0 Å². The molecule has 0 atom stereocenters. The first-order chi connectivity index (χ1) is 9.66. The third-order valence-electron chi connectivity index (χ3n) is 3.98. The van der Waals surface area contributed by atoms with Gasteiger partial charge in [-0.3, -0.25) is 0 Å². The summed E-state index contributed by atoms with van der Waals surface area (Å²) < 4.78 is 0. The van der Waals surface area contributed by atoms with E-state index < -0.39 is 0 Å². The molecule has 3 rings (SSSR count). The zero-order chi connectivity index (χ0) is 14.1. The van der Waals surface area contributed by atoms with Gasteiger partial charge in [0.25, 0.3) is 0 Å². The quantitative estimate of drug-likeness (QED) is 0.602. The second kappa shape index (κ2) is 5.02. The van der Waals surface area contributed by atoms with Crippen molar-refractivity contribution in [2.75, 3.05) is 0 Å². The van der Waals surface area contributed by atoms with Crippen molar-refractivity contribution in [3.05, 3.63) is 75.9 Å². The van der Waals surface area contributed by atoms with Crippen molar-refractivity contribution in [3.8, 4) is 11.8 Å². The van der Waals surface area contributed by atoms with Gasteiger partial charge >= 0.3 is 0 Å². The van der Waals surface area contributed by atoms with Crippen molar-refractivity contribution < 1.29 is 0 Å². The molecule has 0 aliphatic heterocycles. The zero-order valence-corrected chi connectivity index (χ0v) is 12.2. The number of benzene rings is 2. The molecule has 0 bridgehead atoms. The molecule has 0 unspecified atom stereocenters. The summed E-state index contributed by atoms with van der Waals surface area (Å²) in [7, 11) is 0. The van der Waals surface area contributed by atoms with Crippen LogP contribution in [0.15, 0.2) is 48.0 Å². The second-order valence-corrected chi connectivity index (χ2v) is 5.50. The van der Waals surface area contributed by atoms with Crippen molar-refractivity contribution in [1.29, 1.82) is 0 Å². The Balaban J connectivity index is 2.08. The number of rotatable bonds is 0. The summed E-state index contributed by atoms with van der Waals surface area (Å²) in [5, 5.41) is 0. The Morgan fingerprint density at radius 3 is 2.25 bits per heavy atom. The number of hydrogen-bond donors (Lipinski definition) is 0. The molecule has 20 heavy (non-hydrogen) atoms. The molecule has 0 amide bonds. The average Bonchev–Trinajstić information content (AvgIpc) is 2.80. The molecule has 2 aromatic rings. The fourth-order valence-electron chi connectivity index (χ4n) is 2.84. The Morgan fingerprint density at radius 1 is 0.800 bits per heavy atom. The van der Waals surface area contributed by atoms with Gasteiger partial charge in [0.2, 0.25) is 0 Å². The lowest BCUT2D eigenvalue weighted by Gasteiger charge is -2.08. The predicted octanol–water partition coefficient (Wildman–Crippen LogP) is 4.68. The van der Waals surface area contributed by atoms with E-state index in [1.807, 2.05) is 18.2 Å². The maximum absolute atomic E-state index is 3.40. The Kier molecular flexibility index (Phi) is 3.20. The summed E-state index contributed by atoms with van der Waals surface area (Å²) in [6.45, 7) is 6.58. The fourth-order valence-corrected chi connectivity index (χ4v) is 2.84. The highest BCUT2D eigenvalue weighted by Gasteiger charge is 2.20. The molecule has 0 N–H and O–H groups in total. The van der Waals surface area contributed by atoms with Gasteiger partial charge in [-0.2, -0.15) is 0 Å². The van der Waals surface area contributed by atoms with Crippen LogP contribution in [0.4, 0.5) is 0 Å². The first-order valence-corrected chi connectivity index (χ1v) is 7.03. The molecule has 0 nitrogen and oxygen atoms in total. The van der Waals surface area contributed by atoms with E-state index in [4.69, 9.17) is 0 Å². The van der Waals surface area contributed by atoms with Crippen molar-refractivity contribution in [1.82, 2.24) is 0 Å². The lowest BCUT2D eigenvalue weighted by atomic mass is 9.96. The summed E-state index contributed by atoms with van der Waals surface area (Å²) in [6, 6.07) is 14.6. The smallest absolute Gasteiger partial charge is 0.0319 e. The van der Waals surface area contributed by atoms with E-state index in [1.165, 1.54) is 33.4 Å². The molecular formula is C20H18. The number of aryl methyl sites for hydroxylation is 2. The summed E-state index contributed by atoms with van der Waals surface area (Å²) in [4.78, 5) is 0. The van der Waals surface area contributed by atoms with E-state index in [0.29, 0.717) is 0 Å². The first-order valence-electron chi connectivity index (χ1n) is 7.03. The molecular weight excluding hydrogens is 240 g/mol. The molecule has 0 heteroatoms. The fraction of sp³-hybridized carbons (Fsp3) is 0.200. The van der Waals surface area contributed by atoms with Crippen LogP contribution in [0.3, 0.4) is 0 Å². The summed E-state index contributed by atoms with van der Waals surface area (Å²) in [5.41, 5.74) is 9.23. The minimum Gasteiger partial charge on any atom is -0.0622 e. The maximum Gasteiger partial charge on any atom is 0.0319 e. The first kappa shape index (κ1) is 12.8. The molecule has 1 aliphatic carbocycles. The van der Waals surface area contributed by atoms with E-state index in [1.54, 1.807) is 0 Å². The third kappa shape index (κ3) is 2.17. The van der Waals surface area contributed by atoms with Crippen LogP contribution in [-0.2, 0) is 6.42 Å². The Bertz CT molecular complexity index is 750. The Labute approximate surface area is 121 Å². The standard InChI is InChI=1S/C20H18/c1-14-9-10-15(2)20-18(16(3)13-19(14)20)12-11-17-7-5-4-6-8-17/h4-10H,13H2,1-3H3.